The Morgan fingerprint density at radius 2 is 1.52 bits per heavy atom. The van der Waals surface area contributed by atoms with Crippen LogP contribution in [0.1, 0.15) is 44.1 Å². The van der Waals surface area contributed by atoms with Gasteiger partial charge in [-0.25, -0.2) is 0 Å². The predicted molar refractivity (Wildman–Crippen MR) is 132 cm³/mol. The van der Waals surface area contributed by atoms with E-state index in [-0.39, 0.29) is 18.2 Å². The molecule has 3 N–H and O–H groups in total. The third-order valence-corrected chi connectivity index (χ3v) is 6.69. The molecule has 0 radical (unpaired) electrons. The van der Waals surface area contributed by atoms with Gasteiger partial charge in [0.25, 0.3) is 0 Å². The Morgan fingerprint density at radius 1 is 0.935 bits per heavy atom. The van der Waals surface area contributed by atoms with Crippen LogP contribution in [-0.2, 0) is 0 Å². The van der Waals surface area contributed by atoms with Gasteiger partial charge < -0.3 is 25.2 Å². The third-order valence-electron chi connectivity index (χ3n) is 6.69. The van der Waals surface area contributed by atoms with E-state index in [1.165, 1.54) is 77.9 Å². The molecule has 176 valence electrons. The molecule has 6 nitrogen and oxygen atoms in total. The van der Waals surface area contributed by atoms with Gasteiger partial charge in [0.15, 0.2) is 0 Å². The molecule has 0 amide bonds. The molecule has 2 aliphatic heterocycles. The number of likely N-dealkylation sites (tertiary alicyclic amines) is 1. The van der Waals surface area contributed by atoms with Crippen molar-refractivity contribution in [2.24, 2.45) is 11.7 Å². The molecular weight excluding hydrogens is 410 g/mol. The van der Waals surface area contributed by atoms with Crippen LogP contribution in [0.3, 0.4) is 0 Å². The molecule has 2 aliphatic rings. The van der Waals surface area contributed by atoms with Gasteiger partial charge in [0.05, 0.1) is 6.61 Å². The number of halogens is 1. The predicted octanol–water partition coefficient (Wildman–Crippen LogP) is 3.29. The van der Waals surface area contributed by atoms with Crippen LogP contribution in [0.25, 0.3) is 0 Å². The van der Waals surface area contributed by atoms with Crippen molar-refractivity contribution in [3.63, 3.8) is 0 Å². The summed E-state index contributed by atoms with van der Waals surface area (Å²) in [5, 5.41) is 7.42. The van der Waals surface area contributed by atoms with E-state index in [4.69, 9.17) is 15.9 Å². The largest absolute Gasteiger partial charge is 0.494 e. The Balaban J connectivity index is 0.00000341. The molecule has 7 heteroatoms. The van der Waals surface area contributed by atoms with E-state index < -0.39 is 0 Å². The van der Waals surface area contributed by atoms with Gasteiger partial charge in [-0.05, 0) is 82.5 Å². The number of hydrogen-bond donors (Lipinski definition) is 2. The van der Waals surface area contributed by atoms with Crippen LogP contribution in [-0.4, -0.2) is 86.5 Å². The van der Waals surface area contributed by atoms with Gasteiger partial charge >= 0.3 is 0 Å². The summed E-state index contributed by atoms with van der Waals surface area (Å²) in [5.74, 6) is 1.93. The normalized spacial score (nSPS) is 19.1. The number of amidine groups is 1. The Labute approximate surface area is 195 Å². The maximum atomic E-state index is 7.42. The molecule has 2 saturated heterocycles. The molecule has 2 heterocycles. The van der Waals surface area contributed by atoms with E-state index in [1.54, 1.807) is 0 Å². The van der Waals surface area contributed by atoms with Crippen molar-refractivity contribution in [2.75, 3.05) is 66.0 Å². The highest BCUT2D eigenvalue weighted by Crippen LogP contribution is 2.21. The van der Waals surface area contributed by atoms with Gasteiger partial charge in [-0.2, -0.15) is 0 Å². The number of rotatable bonds is 11. The fourth-order valence-corrected chi connectivity index (χ4v) is 4.56. The zero-order valence-electron chi connectivity index (χ0n) is 19.2. The fraction of sp³-hybridized carbons (Fsp3) is 0.708. The minimum absolute atomic E-state index is 0. The molecule has 0 unspecified atom stereocenters. The average Bonchev–Trinajstić information content (AvgIpc) is 2.77. The van der Waals surface area contributed by atoms with Gasteiger partial charge in [-0.15, -0.1) is 12.4 Å². The third kappa shape index (κ3) is 9.36. The maximum Gasteiger partial charge on any atom is 0.122 e. The molecule has 1 aromatic rings. The SMILES string of the molecule is CN1CCC(CCCCN2CCN(CCCOc3ccc(C(=N)N)cc3)CC2)CC1.Cl. The number of nitrogen functional groups attached to an aromatic ring is 1. The molecule has 0 aromatic heterocycles. The highest BCUT2D eigenvalue weighted by molar-refractivity contribution is 5.94. The van der Waals surface area contributed by atoms with E-state index in [2.05, 4.69) is 21.7 Å². The van der Waals surface area contributed by atoms with E-state index >= 15 is 0 Å². The Bertz CT molecular complexity index is 625. The van der Waals surface area contributed by atoms with Crippen LogP contribution >= 0.6 is 12.4 Å². The Hall–Kier alpha value is -1.34. The van der Waals surface area contributed by atoms with Crippen molar-refractivity contribution in [3.8, 4) is 5.75 Å². The van der Waals surface area contributed by atoms with E-state index in [1.807, 2.05) is 24.3 Å². The van der Waals surface area contributed by atoms with Crippen LogP contribution in [0.2, 0.25) is 0 Å². The first-order chi connectivity index (χ1) is 14.6. The lowest BCUT2D eigenvalue weighted by Crippen LogP contribution is -2.46. The number of piperazine rings is 1. The lowest BCUT2D eigenvalue weighted by molar-refractivity contribution is 0.123. The Kier molecular flexibility index (Phi) is 11.7. The number of nitrogens with one attached hydrogen (secondary N) is 1. The Morgan fingerprint density at radius 3 is 2.10 bits per heavy atom. The summed E-state index contributed by atoms with van der Waals surface area (Å²) in [5.41, 5.74) is 6.22. The quantitative estimate of drug-likeness (QED) is 0.307. The second-order valence-corrected chi connectivity index (χ2v) is 9.07. The number of unbranched alkanes of at least 4 members (excludes halogenated alkanes) is 1. The summed E-state index contributed by atoms with van der Waals surface area (Å²) in [4.78, 5) is 7.68. The van der Waals surface area contributed by atoms with Crippen LogP contribution in [0, 0.1) is 11.3 Å². The van der Waals surface area contributed by atoms with Crippen molar-refractivity contribution in [3.05, 3.63) is 29.8 Å². The zero-order valence-corrected chi connectivity index (χ0v) is 20.0. The fourth-order valence-electron chi connectivity index (χ4n) is 4.56. The molecule has 1 aromatic carbocycles. The molecule has 3 rings (SSSR count). The standard InChI is InChI=1S/C24H41N5O.ClH/c1-27-14-10-21(11-15-27)5-2-3-12-28-16-18-29(19-17-28)13-4-20-30-23-8-6-22(7-9-23)24(25)26;/h6-9,21H,2-5,10-20H2,1H3,(H3,25,26);1H. The minimum atomic E-state index is 0. The van der Waals surface area contributed by atoms with E-state index in [0.717, 1.165) is 36.8 Å². The highest BCUT2D eigenvalue weighted by Gasteiger charge is 2.18. The summed E-state index contributed by atoms with van der Waals surface area (Å²) in [6.07, 6.45) is 8.06. The monoisotopic (exact) mass is 451 g/mol. The summed E-state index contributed by atoms with van der Waals surface area (Å²) in [6, 6.07) is 7.46. The van der Waals surface area contributed by atoms with Crippen molar-refractivity contribution in [1.29, 1.82) is 5.41 Å². The van der Waals surface area contributed by atoms with Gasteiger partial charge in [0, 0.05) is 38.3 Å². The van der Waals surface area contributed by atoms with Crippen molar-refractivity contribution >= 4 is 18.2 Å². The van der Waals surface area contributed by atoms with Crippen LogP contribution in [0.4, 0.5) is 0 Å². The van der Waals surface area contributed by atoms with Gasteiger partial charge in [0.1, 0.15) is 11.6 Å². The molecule has 0 spiro atoms. The first-order valence-electron chi connectivity index (χ1n) is 11.8. The van der Waals surface area contributed by atoms with Gasteiger partial charge in [-0.1, -0.05) is 12.8 Å². The number of nitrogens with zero attached hydrogens (tertiary/aromatic N) is 3. The van der Waals surface area contributed by atoms with Crippen molar-refractivity contribution < 1.29 is 4.74 Å². The molecule has 31 heavy (non-hydrogen) atoms. The maximum absolute atomic E-state index is 7.42. The van der Waals surface area contributed by atoms with Crippen LogP contribution in [0.15, 0.2) is 24.3 Å². The summed E-state index contributed by atoms with van der Waals surface area (Å²) in [6.45, 7) is 10.5. The zero-order chi connectivity index (χ0) is 21.2. The summed E-state index contributed by atoms with van der Waals surface area (Å²) in [7, 11) is 2.25. The van der Waals surface area contributed by atoms with Gasteiger partial charge in [0.2, 0.25) is 0 Å². The molecular formula is C24H42ClN5O. The second-order valence-electron chi connectivity index (χ2n) is 9.07. The molecule has 0 saturated carbocycles. The topological polar surface area (TPSA) is 68.8 Å². The lowest BCUT2D eigenvalue weighted by Gasteiger charge is -2.35. The number of benzene rings is 1. The summed E-state index contributed by atoms with van der Waals surface area (Å²) >= 11 is 0. The molecule has 2 fully saturated rings. The number of piperidine rings is 1. The molecule has 0 atom stereocenters. The lowest BCUT2D eigenvalue weighted by atomic mass is 9.92. The highest BCUT2D eigenvalue weighted by atomic mass is 35.5. The van der Waals surface area contributed by atoms with Crippen LogP contribution < -0.4 is 10.5 Å². The average molecular weight is 452 g/mol. The number of ether oxygens (including phenoxy) is 1. The second kappa shape index (κ2) is 13.9. The van der Waals surface area contributed by atoms with Gasteiger partial charge in [-0.3, -0.25) is 5.41 Å². The van der Waals surface area contributed by atoms with Crippen molar-refractivity contribution in [1.82, 2.24) is 14.7 Å². The number of hydrogen-bond acceptors (Lipinski definition) is 5. The van der Waals surface area contributed by atoms with Crippen molar-refractivity contribution in [2.45, 2.75) is 38.5 Å². The number of nitrogens with two attached hydrogens (primary N) is 1. The first-order valence-corrected chi connectivity index (χ1v) is 11.8. The molecule has 0 aliphatic carbocycles. The summed E-state index contributed by atoms with van der Waals surface area (Å²) < 4.78 is 5.82. The smallest absolute Gasteiger partial charge is 0.122 e. The first kappa shape index (κ1) is 25.9. The van der Waals surface area contributed by atoms with E-state index in [9.17, 15) is 0 Å². The van der Waals surface area contributed by atoms with E-state index in [0.29, 0.717) is 0 Å². The minimum Gasteiger partial charge on any atom is -0.494 e. The van der Waals surface area contributed by atoms with Crippen LogP contribution in [0.5, 0.6) is 5.75 Å². The molecule has 0 bridgehead atoms.